The van der Waals surface area contributed by atoms with Gasteiger partial charge in [0, 0.05) is 27.7 Å². The van der Waals surface area contributed by atoms with Crippen LogP contribution in [-0.4, -0.2) is 94.8 Å². The van der Waals surface area contributed by atoms with Crippen molar-refractivity contribution < 1.29 is 55.2 Å². The van der Waals surface area contributed by atoms with E-state index in [2.05, 4.69) is 31.1 Å². The first-order chi connectivity index (χ1) is 34.2. The number of ether oxygens (including phenoxy) is 2. The number of methoxy groups -OCH3 is 2. The van der Waals surface area contributed by atoms with E-state index in [-0.39, 0.29) is 92.1 Å². The fraction of sp³-hybridized carbons (Fsp3) is 0.0800. The van der Waals surface area contributed by atoms with E-state index >= 15 is 0 Å². The fourth-order valence-electron chi connectivity index (χ4n) is 7.07. The summed E-state index contributed by atoms with van der Waals surface area (Å²) in [6, 6.07) is 34.5. The second kappa shape index (κ2) is 23.4. The van der Waals surface area contributed by atoms with Gasteiger partial charge < -0.3 is 34.9 Å². The Labute approximate surface area is 457 Å². The van der Waals surface area contributed by atoms with Crippen LogP contribution >= 0.6 is 23.2 Å². The molecular formula is C50H38CaCl2N6O12S2. The van der Waals surface area contributed by atoms with Crippen molar-refractivity contribution in [2.75, 3.05) is 24.9 Å². The van der Waals surface area contributed by atoms with Crippen LogP contribution in [0.2, 0.25) is 10.0 Å². The molecule has 0 bridgehead atoms. The van der Waals surface area contributed by atoms with Crippen molar-refractivity contribution in [2.45, 2.75) is 23.6 Å². The van der Waals surface area contributed by atoms with E-state index in [1.807, 2.05) is 0 Å². The third-order valence-corrected chi connectivity index (χ3v) is 12.9. The molecule has 0 saturated carbocycles. The van der Waals surface area contributed by atoms with Crippen molar-refractivity contribution in [2.24, 2.45) is 20.5 Å². The molecule has 0 radical (unpaired) electrons. The van der Waals surface area contributed by atoms with Gasteiger partial charge in [0.1, 0.15) is 38.7 Å². The van der Waals surface area contributed by atoms with E-state index in [0.717, 1.165) is 18.2 Å². The minimum atomic E-state index is -4.72. The summed E-state index contributed by atoms with van der Waals surface area (Å²) in [5.41, 5.74) is 1.55. The number of hydrogen-bond acceptors (Lipinski definition) is 15. The van der Waals surface area contributed by atoms with E-state index < -0.39 is 48.4 Å². The molecule has 0 aliphatic carbocycles. The molecule has 0 saturated heterocycles. The number of benzene rings is 8. The average molecular weight is 1090 g/mol. The second-order valence-corrected chi connectivity index (χ2v) is 19.1. The molecular weight excluding hydrogens is 1050 g/mol. The van der Waals surface area contributed by atoms with Crippen LogP contribution in [0, 0.1) is 13.8 Å². The Balaban J connectivity index is 0.000000235. The Kier molecular flexibility index (Phi) is 17.8. The molecule has 368 valence electrons. The quantitative estimate of drug-likeness (QED) is 0.0505. The van der Waals surface area contributed by atoms with Crippen molar-refractivity contribution in [1.29, 1.82) is 0 Å². The van der Waals surface area contributed by atoms with Crippen LogP contribution in [0.4, 0.5) is 34.1 Å². The van der Waals surface area contributed by atoms with Crippen LogP contribution in [0.3, 0.4) is 0 Å². The minimum absolute atomic E-state index is 0. The Morgan fingerprint density at radius 2 is 0.973 bits per heavy atom. The molecule has 0 unspecified atom stereocenters. The number of nitrogens with one attached hydrogen (secondary N) is 2. The van der Waals surface area contributed by atoms with Gasteiger partial charge in [-0.1, -0.05) is 77.5 Å². The average Bonchev–Trinajstić information content (AvgIpc) is 3.34. The molecule has 18 nitrogen and oxygen atoms in total. The number of rotatable bonds is 12. The molecule has 0 aliphatic rings. The van der Waals surface area contributed by atoms with Crippen molar-refractivity contribution in [3.8, 4) is 23.0 Å². The molecule has 0 aliphatic heterocycles. The molecule has 0 heterocycles. The number of hydrogen-bond donors (Lipinski definition) is 4. The summed E-state index contributed by atoms with van der Waals surface area (Å²) in [6.45, 7) is 3.05. The Morgan fingerprint density at radius 1 is 0.575 bits per heavy atom. The Hall–Kier alpha value is -6.72. The van der Waals surface area contributed by atoms with Gasteiger partial charge in [0.2, 0.25) is 0 Å². The largest absolute Gasteiger partial charge is 2.00 e. The van der Waals surface area contributed by atoms with Gasteiger partial charge in [0.25, 0.3) is 21.9 Å². The number of anilines is 2. The molecule has 0 spiro atoms. The van der Waals surface area contributed by atoms with Crippen molar-refractivity contribution in [3.05, 3.63) is 166 Å². The zero-order valence-electron chi connectivity index (χ0n) is 38.7. The van der Waals surface area contributed by atoms with E-state index in [9.17, 15) is 45.7 Å². The van der Waals surface area contributed by atoms with Crippen molar-refractivity contribution >= 4 is 149 Å². The van der Waals surface area contributed by atoms with Gasteiger partial charge in [-0.2, -0.15) is 13.5 Å². The summed E-state index contributed by atoms with van der Waals surface area (Å²) >= 11 is 12.3. The number of aryl methyl sites for hydroxylation is 2. The summed E-state index contributed by atoms with van der Waals surface area (Å²) in [4.78, 5) is 25.1. The number of nitrogens with zero attached hydrogens (tertiary/aromatic N) is 4. The maximum atomic E-state index is 13.3. The number of amides is 2. The monoisotopic (exact) mass is 1090 g/mol. The van der Waals surface area contributed by atoms with E-state index in [4.69, 9.17) is 32.7 Å². The third kappa shape index (κ3) is 13.1. The molecule has 8 aromatic rings. The second-order valence-electron chi connectivity index (χ2n) is 15.5. The first-order valence-corrected chi connectivity index (χ1v) is 24.5. The first kappa shape index (κ1) is 55.6. The number of fused-ring (bicyclic) bond motifs is 2. The maximum Gasteiger partial charge on any atom is 2.00 e. The summed E-state index contributed by atoms with van der Waals surface area (Å²) in [5.74, 6) is -1.01. The SMILES string of the molecule is COc1ccc(NC(=O)c2cc3ccccc3c(N=Nc3c(C)cc(S(=O)(=O)O)cc3Cl)c2O)cc1.COc1ccc(NC(=O)c2cc3ccccc3c(N=Nc3c(C)cc(S(=O)(=O)[O-])cc3Cl)c2[O-])cc1.[Ca+2]. The molecule has 73 heavy (non-hydrogen) atoms. The maximum absolute atomic E-state index is 13.3. The number of carbonyl (C=O) groups excluding carboxylic acids is 2. The van der Waals surface area contributed by atoms with Gasteiger partial charge in [-0.3, -0.25) is 14.1 Å². The molecule has 23 heteroatoms. The van der Waals surface area contributed by atoms with Gasteiger partial charge in [0.15, 0.2) is 5.75 Å². The smallest absolute Gasteiger partial charge is 0.870 e. The van der Waals surface area contributed by atoms with Gasteiger partial charge in [-0.15, -0.1) is 15.3 Å². The van der Waals surface area contributed by atoms with Gasteiger partial charge in [-0.25, -0.2) is 8.42 Å². The van der Waals surface area contributed by atoms with Crippen LogP contribution in [-0.2, 0) is 20.2 Å². The van der Waals surface area contributed by atoms with Gasteiger partial charge in [-0.05, 0) is 121 Å². The predicted molar refractivity (Wildman–Crippen MR) is 275 cm³/mol. The Morgan fingerprint density at radius 3 is 1.42 bits per heavy atom. The zero-order valence-corrected chi connectivity index (χ0v) is 44.1. The molecule has 4 N–H and O–H groups in total. The molecule has 0 aromatic heterocycles. The summed E-state index contributed by atoms with van der Waals surface area (Å²) in [6.07, 6.45) is 0. The normalized spacial score (nSPS) is 11.5. The molecule has 2 amide bonds. The number of carbonyl (C=O) groups is 2. The fourth-order valence-corrected chi connectivity index (χ4v) is 8.99. The topological polar surface area (TPSA) is 281 Å². The first-order valence-electron chi connectivity index (χ1n) is 20.9. The standard InChI is InChI=1S/2C25H20ClN3O6S.Ca/c2*1-14-11-18(36(32,33)34)13-21(26)22(14)28-29-23-19-6-4-3-5-15(19)12-20(24(23)30)25(31)27-16-7-9-17(35-2)10-8-16;/h2*3-13,30H,1-2H3,(H,27,31)(H,32,33,34);/q;;+2/p-2. The van der Waals surface area contributed by atoms with Crippen LogP contribution < -0.4 is 25.2 Å². The number of phenols is 1. The van der Waals surface area contributed by atoms with Gasteiger partial charge >= 0.3 is 37.7 Å². The molecule has 8 rings (SSSR count). The van der Waals surface area contributed by atoms with E-state index in [0.29, 0.717) is 50.0 Å². The van der Waals surface area contributed by atoms with Crippen LogP contribution in [0.15, 0.2) is 164 Å². The van der Waals surface area contributed by atoms with Crippen LogP contribution in [0.1, 0.15) is 31.8 Å². The van der Waals surface area contributed by atoms with Crippen molar-refractivity contribution in [3.63, 3.8) is 0 Å². The number of halogens is 2. The van der Waals surface area contributed by atoms with Gasteiger partial charge in [0.05, 0.1) is 45.3 Å². The Bertz CT molecular complexity index is 3440. The summed E-state index contributed by atoms with van der Waals surface area (Å²) in [5, 5.41) is 48.2. The number of phenolic OH excluding ortho intramolecular Hbond substituents is 1. The number of aromatic hydroxyl groups is 1. The van der Waals surface area contributed by atoms with Crippen molar-refractivity contribution in [1.82, 2.24) is 0 Å². The van der Waals surface area contributed by atoms with Crippen LogP contribution in [0.5, 0.6) is 23.0 Å². The zero-order chi connectivity index (χ0) is 52.1. The molecule has 8 aromatic carbocycles. The molecule has 0 fully saturated rings. The summed E-state index contributed by atoms with van der Waals surface area (Å²) < 4.78 is 76.4. The van der Waals surface area contributed by atoms with Crippen LogP contribution in [0.25, 0.3) is 21.5 Å². The predicted octanol–water partition coefficient (Wildman–Crippen LogP) is 11.5. The number of azo groups is 2. The van der Waals surface area contributed by atoms with E-state index in [1.54, 1.807) is 110 Å². The third-order valence-electron chi connectivity index (χ3n) is 10.7. The summed E-state index contributed by atoms with van der Waals surface area (Å²) in [7, 11) is -6.12. The van der Waals surface area contributed by atoms with E-state index in [1.165, 1.54) is 33.3 Å². The minimum Gasteiger partial charge on any atom is -0.870 e. The molecule has 0 atom stereocenters.